The lowest BCUT2D eigenvalue weighted by atomic mass is 10.2. The summed E-state index contributed by atoms with van der Waals surface area (Å²) in [5, 5.41) is 3.34. The third-order valence-electron chi connectivity index (χ3n) is 3.00. The highest BCUT2D eigenvalue weighted by Gasteiger charge is 2.31. The lowest BCUT2D eigenvalue weighted by Crippen LogP contribution is -2.32. The molecule has 1 aromatic rings. The largest absolute Gasteiger partial charge is 0.366 e. The Hall–Kier alpha value is -1.32. The van der Waals surface area contributed by atoms with Gasteiger partial charge in [-0.3, -0.25) is 0 Å². The Morgan fingerprint density at radius 3 is 3.36 bits per heavy atom. The Morgan fingerprint density at radius 2 is 2.50 bits per heavy atom. The molecule has 2 bridgehead atoms. The monoisotopic (exact) mass is 193 g/mol. The standard InChI is InChI=1S/C10H12FN3/c1-6-8(11)4-9-10(12-6)13-7-2-3-14(9)5-7/h4,7H,2-3,5H2,1H3,(H,12,13). The normalized spacial score (nSPS) is 23.3. The smallest absolute Gasteiger partial charge is 0.150 e. The van der Waals surface area contributed by atoms with Crippen molar-refractivity contribution in [2.45, 2.75) is 19.4 Å². The maximum Gasteiger partial charge on any atom is 0.150 e. The number of hydrogen-bond donors (Lipinski definition) is 1. The molecule has 0 spiro atoms. The molecule has 0 amide bonds. The molecule has 0 saturated carbocycles. The van der Waals surface area contributed by atoms with Crippen LogP contribution in [0.2, 0.25) is 0 Å². The van der Waals surface area contributed by atoms with Crippen molar-refractivity contribution in [1.82, 2.24) is 4.98 Å². The zero-order chi connectivity index (χ0) is 9.71. The van der Waals surface area contributed by atoms with Crippen LogP contribution in [0, 0.1) is 12.7 Å². The molecular formula is C10H12FN3. The van der Waals surface area contributed by atoms with Gasteiger partial charge in [0.2, 0.25) is 0 Å². The second-order valence-electron chi connectivity index (χ2n) is 4.00. The van der Waals surface area contributed by atoms with E-state index >= 15 is 0 Å². The fraction of sp³-hybridized carbons (Fsp3) is 0.500. The van der Waals surface area contributed by atoms with E-state index in [4.69, 9.17) is 0 Å². The Labute approximate surface area is 81.9 Å². The summed E-state index contributed by atoms with van der Waals surface area (Å²) in [6, 6.07) is 2.09. The third-order valence-corrected chi connectivity index (χ3v) is 3.00. The van der Waals surface area contributed by atoms with Crippen LogP contribution in [0.15, 0.2) is 6.07 Å². The van der Waals surface area contributed by atoms with Crippen LogP contribution in [0.5, 0.6) is 0 Å². The first-order chi connectivity index (χ1) is 6.74. The molecule has 1 saturated heterocycles. The molecule has 1 aromatic heterocycles. The van der Waals surface area contributed by atoms with Gasteiger partial charge in [0, 0.05) is 25.2 Å². The van der Waals surface area contributed by atoms with E-state index in [9.17, 15) is 4.39 Å². The predicted octanol–water partition coefficient (Wildman–Crippen LogP) is 1.53. The molecule has 1 fully saturated rings. The molecular weight excluding hydrogens is 181 g/mol. The zero-order valence-electron chi connectivity index (χ0n) is 8.05. The molecule has 3 rings (SSSR count). The molecule has 2 aliphatic rings. The summed E-state index contributed by atoms with van der Waals surface area (Å²) in [5.74, 6) is 0.633. The maximum atomic E-state index is 13.3. The van der Waals surface area contributed by atoms with Gasteiger partial charge >= 0.3 is 0 Å². The average Bonchev–Trinajstić information content (AvgIpc) is 2.54. The number of aromatic nitrogens is 1. The molecule has 1 atom stereocenters. The van der Waals surface area contributed by atoms with Crippen LogP contribution in [0.3, 0.4) is 0 Å². The fourth-order valence-corrected chi connectivity index (χ4v) is 2.21. The van der Waals surface area contributed by atoms with Crippen LogP contribution in [-0.2, 0) is 0 Å². The highest BCUT2D eigenvalue weighted by atomic mass is 19.1. The second-order valence-corrected chi connectivity index (χ2v) is 4.00. The number of rotatable bonds is 0. The van der Waals surface area contributed by atoms with Gasteiger partial charge in [0.05, 0.1) is 11.4 Å². The van der Waals surface area contributed by atoms with E-state index in [2.05, 4.69) is 15.2 Å². The molecule has 14 heavy (non-hydrogen) atoms. The van der Waals surface area contributed by atoms with Gasteiger partial charge in [0.25, 0.3) is 0 Å². The van der Waals surface area contributed by atoms with E-state index in [0.29, 0.717) is 11.7 Å². The number of aryl methyl sites for hydroxylation is 1. The first-order valence-corrected chi connectivity index (χ1v) is 4.92. The van der Waals surface area contributed by atoms with E-state index in [1.165, 1.54) is 0 Å². The molecule has 3 nitrogen and oxygen atoms in total. The van der Waals surface area contributed by atoms with E-state index in [-0.39, 0.29) is 5.82 Å². The summed E-state index contributed by atoms with van der Waals surface area (Å²) in [6.07, 6.45) is 1.12. The summed E-state index contributed by atoms with van der Waals surface area (Å²) in [4.78, 5) is 6.43. The Balaban J connectivity index is 2.14. The van der Waals surface area contributed by atoms with Crippen LogP contribution in [0.1, 0.15) is 12.1 Å². The average molecular weight is 193 g/mol. The minimum atomic E-state index is -0.212. The number of nitrogens with one attached hydrogen (secondary N) is 1. The van der Waals surface area contributed by atoms with Crippen LogP contribution < -0.4 is 10.2 Å². The first-order valence-electron chi connectivity index (χ1n) is 4.92. The van der Waals surface area contributed by atoms with Crippen molar-refractivity contribution in [2.75, 3.05) is 23.3 Å². The summed E-state index contributed by atoms with van der Waals surface area (Å²) in [7, 11) is 0. The summed E-state index contributed by atoms with van der Waals surface area (Å²) >= 11 is 0. The van der Waals surface area contributed by atoms with Crippen molar-refractivity contribution in [1.29, 1.82) is 0 Å². The first kappa shape index (κ1) is 8.03. The lowest BCUT2D eigenvalue weighted by molar-refractivity contribution is 0.608. The lowest BCUT2D eigenvalue weighted by Gasteiger charge is -2.27. The molecule has 1 N–H and O–H groups in total. The quantitative estimate of drug-likeness (QED) is 0.677. The highest BCUT2D eigenvalue weighted by Crippen LogP contribution is 2.34. The molecule has 3 heterocycles. The van der Waals surface area contributed by atoms with Crippen LogP contribution >= 0.6 is 0 Å². The molecule has 4 heteroatoms. The number of nitrogens with zero attached hydrogens (tertiary/aromatic N) is 2. The van der Waals surface area contributed by atoms with Crippen molar-refractivity contribution in [3.05, 3.63) is 17.6 Å². The Bertz CT molecular complexity index is 391. The third kappa shape index (κ3) is 0.997. The summed E-state index contributed by atoms with van der Waals surface area (Å²) < 4.78 is 13.3. The van der Waals surface area contributed by atoms with Crippen LogP contribution in [0.25, 0.3) is 0 Å². The van der Waals surface area contributed by atoms with Gasteiger partial charge in [-0.05, 0) is 13.3 Å². The molecule has 1 unspecified atom stereocenters. The van der Waals surface area contributed by atoms with Gasteiger partial charge in [-0.2, -0.15) is 0 Å². The molecule has 0 radical (unpaired) electrons. The number of hydrogen-bond acceptors (Lipinski definition) is 3. The Morgan fingerprint density at radius 1 is 1.64 bits per heavy atom. The van der Waals surface area contributed by atoms with E-state index < -0.39 is 0 Å². The molecule has 0 aromatic carbocycles. The Kier molecular flexibility index (Phi) is 1.48. The SMILES string of the molecule is Cc1nc2c(cc1F)N1CCC(C1)N2. The second kappa shape index (κ2) is 2.59. The van der Waals surface area contributed by atoms with Gasteiger partial charge in [0.15, 0.2) is 0 Å². The van der Waals surface area contributed by atoms with Crippen LogP contribution in [-0.4, -0.2) is 24.1 Å². The van der Waals surface area contributed by atoms with Crippen molar-refractivity contribution in [2.24, 2.45) is 0 Å². The van der Waals surface area contributed by atoms with Gasteiger partial charge in [-0.1, -0.05) is 0 Å². The van der Waals surface area contributed by atoms with E-state index in [1.807, 2.05) is 0 Å². The van der Waals surface area contributed by atoms with Gasteiger partial charge in [0.1, 0.15) is 11.6 Å². The highest BCUT2D eigenvalue weighted by molar-refractivity contribution is 5.70. The summed E-state index contributed by atoms with van der Waals surface area (Å²) in [6.45, 7) is 3.69. The van der Waals surface area contributed by atoms with E-state index in [1.54, 1.807) is 13.0 Å². The van der Waals surface area contributed by atoms with Crippen molar-refractivity contribution >= 4 is 11.5 Å². The van der Waals surface area contributed by atoms with Crippen molar-refractivity contribution < 1.29 is 4.39 Å². The molecule has 74 valence electrons. The van der Waals surface area contributed by atoms with Crippen molar-refractivity contribution in [3.63, 3.8) is 0 Å². The van der Waals surface area contributed by atoms with Crippen molar-refractivity contribution in [3.8, 4) is 0 Å². The minimum Gasteiger partial charge on any atom is -0.366 e. The zero-order valence-corrected chi connectivity index (χ0v) is 8.05. The topological polar surface area (TPSA) is 28.2 Å². The number of fused-ring (bicyclic) bond motifs is 4. The van der Waals surface area contributed by atoms with Gasteiger partial charge in [-0.15, -0.1) is 0 Å². The van der Waals surface area contributed by atoms with Gasteiger partial charge < -0.3 is 10.2 Å². The number of halogens is 1. The van der Waals surface area contributed by atoms with Gasteiger partial charge in [-0.25, -0.2) is 9.37 Å². The molecule has 0 aliphatic carbocycles. The summed E-state index contributed by atoms with van der Waals surface area (Å²) in [5.41, 5.74) is 1.39. The predicted molar refractivity (Wildman–Crippen MR) is 53.2 cm³/mol. The maximum absolute atomic E-state index is 13.3. The minimum absolute atomic E-state index is 0.212. The van der Waals surface area contributed by atoms with Crippen LogP contribution in [0.4, 0.5) is 15.9 Å². The van der Waals surface area contributed by atoms with E-state index in [0.717, 1.165) is 31.0 Å². The fourth-order valence-electron chi connectivity index (χ4n) is 2.21. The number of pyridine rings is 1. The molecule has 2 aliphatic heterocycles. The number of anilines is 2.